The van der Waals surface area contributed by atoms with E-state index in [2.05, 4.69) is 63.5 Å². The van der Waals surface area contributed by atoms with E-state index in [9.17, 15) is 5.11 Å². The minimum atomic E-state index is 0.175. The highest BCUT2D eigenvalue weighted by molar-refractivity contribution is 5.63. The van der Waals surface area contributed by atoms with Crippen LogP contribution in [0.2, 0.25) is 0 Å². The zero-order valence-electron chi connectivity index (χ0n) is 13.5. The molecule has 0 atom stereocenters. The molecule has 1 aromatic heterocycles. The topological polar surface area (TPSA) is 58.9 Å². The highest BCUT2D eigenvalue weighted by Crippen LogP contribution is 2.24. The molecule has 4 nitrogen and oxygen atoms in total. The van der Waals surface area contributed by atoms with Crippen LogP contribution >= 0.6 is 0 Å². The summed E-state index contributed by atoms with van der Waals surface area (Å²) in [6.07, 6.45) is 2.80. The van der Waals surface area contributed by atoms with Gasteiger partial charge in [0.1, 0.15) is 18.4 Å². The Morgan fingerprint density at radius 2 is 1.04 bits per heavy atom. The fraction of sp³-hybridized carbons (Fsp3) is 0. The molecule has 4 rings (SSSR count). The molecule has 0 aliphatic rings. The van der Waals surface area contributed by atoms with Gasteiger partial charge in [-0.25, -0.2) is 15.0 Å². The van der Waals surface area contributed by atoms with Gasteiger partial charge in [-0.3, -0.25) is 0 Å². The van der Waals surface area contributed by atoms with Crippen LogP contribution in [-0.2, 0) is 0 Å². The third-order valence-corrected chi connectivity index (χ3v) is 3.52. The van der Waals surface area contributed by atoms with Crippen LogP contribution in [0.25, 0.3) is 22.5 Å². The van der Waals surface area contributed by atoms with Crippen LogP contribution in [0.15, 0.2) is 97.6 Å². The molecule has 1 heterocycles. The molecule has 4 aromatic rings. The maximum atomic E-state index is 9.46. The van der Waals surface area contributed by atoms with Crippen molar-refractivity contribution in [2.75, 3.05) is 0 Å². The minimum absolute atomic E-state index is 0.175. The van der Waals surface area contributed by atoms with E-state index in [4.69, 9.17) is 0 Å². The summed E-state index contributed by atoms with van der Waals surface area (Å²) < 4.78 is 0. The lowest BCUT2D eigenvalue weighted by Crippen LogP contribution is -1.88. The number of benzene rings is 3. The summed E-state index contributed by atoms with van der Waals surface area (Å²) in [7, 11) is 0. The molecule has 3 aromatic carbocycles. The second kappa shape index (κ2) is 8.36. The van der Waals surface area contributed by atoms with Crippen molar-refractivity contribution in [3.63, 3.8) is 0 Å². The van der Waals surface area contributed by atoms with Crippen molar-refractivity contribution in [3.05, 3.63) is 97.6 Å². The number of nitrogens with zero attached hydrogens (tertiary/aromatic N) is 3. The summed E-state index contributed by atoms with van der Waals surface area (Å²) in [6.45, 7) is 0. The summed E-state index contributed by atoms with van der Waals surface area (Å²) in [5, 5.41) is 9.46. The summed E-state index contributed by atoms with van der Waals surface area (Å²) in [4.78, 5) is 11.6. The molecule has 0 fully saturated rings. The molecule has 0 amide bonds. The van der Waals surface area contributed by atoms with Crippen molar-refractivity contribution < 1.29 is 5.11 Å². The number of aromatic nitrogens is 3. The van der Waals surface area contributed by atoms with E-state index in [1.807, 2.05) is 18.2 Å². The summed E-state index contributed by atoms with van der Waals surface area (Å²) in [6, 6.07) is 27.7. The number of hydrogen-bond acceptors (Lipinski definition) is 4. The van der Waals surface area contributed by atoms with Crippen LogP contribution in [0.4, 0.5) is 0 Å². The fourth-order valence-electron chi connectivity index (χ4n) is 2.30. The Morgan fingerprint density at radius 3 is 1.56 bits per heavy atom. The predicted octanol–water partition coefficient (Wildman–Crippen LogP) is 4.60. The largest absolute Gasteiger partial charge is 0.507 e. The van der Waals surface area contributed by atoms with Gasteiger partial charge in [0.15, 0.2) is 5.82 Å². The number of phenols is 1. The maximum Gasteiger partial charge on any atom is 0.166 e. The van der Waals surface area contributed by atoms with Crippen LogP contribution in [-0.4, -0.2) is 20.1 Å². The smallest absolute Gasteiger partial charge is 0.166 e. The molecule has 122 valence electrons. The first-order valence-electron chi connectivity index (χ1n) is 7.85. The Balaban J connectivity index is 0.000000146. The number of rotatable bonds is 2. The normalized spacial score (nSPS) is 9.76. The average Bonchev–Trinajstić information content (AvgIpc) is 2.71. The minimum Gasteiger partial charge on any atom is -0.507 e. The summed E-state index contributed by atoms with van der Waals surface area (Å²) >= 11 is 0. The van der Waals surface area contributed by atoms with Gasteiger partial charge < -0.3 is 5.11 Å². The van der Waals surface area contributed by atoms with E-state index in [-0.39, 0.29) is 5.75 Å². The van der Waals surface area contributed by atoms with Gasteiger partial charge in [0.25, 0.3) is 0 Å². The van der Waals surface area contributed by atoms with Crippen molar-refractivity contribution in [1.82, 2.24) is 15.0 Å². The first kappa shape index (κ1) is 16.3. The van der Waals surface area contributed by atoms with Gasteiger partial charge in [-0.2, -0.15) is 0 Å². The van der Waals surface area contributed by atoms with Crippen LogP contribution in [0.1, 0.15) is 0 Å². The molecule has 25 heavy (non-hydrogen) atoms. The zero-order valence-corrected chi connectivity index (χ0v) is 13.5. The molecular formula is C21H17N3O. The second-order valence-electron chi connectivity index (χ2n) is 5.21. The van der Waals surface area contributed by atoms with Crippen LogP contribution < -0.4 is 0 Å². The van der Waals surface area contributed by atoms with Gasteiger partial charge in [-0.1, -0.05) is 72.8 Å². The third-order valence-electron chi connectivity index (χ3n) is 3.52. The molecule has 0 unspecified atom stereocenters. The zero-order chi connectivity index (χ0) is 17.3. The highest BCUT2D eigenvalue weighted by Gasteiger charge is 2.04. The number of phenolic OH excluding ortho intramolecular Hbond substituents is 1. The van der Waals surface area contributed by atoms with Crippen LogP contribution in [0.5, 0.6) is 5.75 Å². The maximum absolute atomic E-state index is 9.46. The van der Waals surface area contributed by atoms with Gasteiger partial charge in [0, 0.05) is 0 Å². The standard InChI is InChI=1S/C12H10.C9H7N3O/c1-3-7-11(8-4-1)12-9-5-2-6-10-12;13-8-4-2-1-3-7(8)9-11-5-10-6-12-9/h1-10H;1-6,13H. The third kappa shape index (κ3) is 4.48. The highest BCUT2D eigenvalue weighted by atomic mass is 16.3. The van der Waals surface area contributed by atoms with E-state index in [0.29, 0.717) is 11.4 Å². The molecule has 0 radical (unpaired) electrons. The van der Waals surface area contributed by atoms with E-state index < -0.39 is 0 Å². The van der Waals surface area contributed by atoms with Gasteiger partial charge in [-0.05, 0) is 23.3 Å². The van der Waals surface area contributed by atoms with Crippen LogP contribution in [0.3, 0.4) is 0 Å². The predicted molar refractivity (Wildman–Crippen MR) is 98.8 cm³/mol. The van der Waals surface area contributed by atoms with Crippen molar-refractivity contribution in [3.8, 4) is 28.3 Å². The monoisotopic (exact) mass is 327 g/mol. The SMILES string of the molecule is Oc1ccccc1-c1ncncn1.c1ccc(-c2ccccc2)cc1. The first-order valence-corrected chi connectivity index (χ1v) is 7.85. The lowest BCUT2D eigenvalue weighted by molar-refractivity contribution is 0.477. The number of hydrogen-bond donors (Lipinski definition) is 1. The quantitative estimate of drug-likeness (QED) is 0.584. The Morgan fingerprint density at radius 1 is 0.560 bits per heavy atom. The number of aromatic hydroxyl groups is 1. The van der Waals surface area contributed by atoms with Gasteiger partial charge in [0.2, 0.25) is 0 Å². The average molecular weight is 327 g/mol. The fourth-order valence-corrected chi connectivity index (χ4v) is 2.30. The molecule has 0 bridgehead atoms. The van der Waals surface area contributed by atoms with Crippen molar-refractivity contribution in [2.45, 2.75) is 0 Å². The molecule has 1 N–H and O–H groups in total. The van der Waals surface area contributed by atoms with Gasteiger partial charge in [0.05, 0.1) is 5.56 Å². The van der Waals surface area contributed by atoms with E-state index in [1.54, 1.807) is 18.2 Å². The van der Waals surface area contributed by atoms with Crippen molar-refractivity contribution in [1.29, 1.82) is 0 Å². The molecule has 0 spiro atoms. The van der Waals surface area contributed by atoms with Crippen molar-refractivity contribution in [2.24, 2.45) is 0 Å². The second-order valence-corrected chi connectivity index (χ2v) is 5.21. The first-order chi connectivity index (χ1) is 12.3. The Kier molecular flexibility index (Phi) is 5.46. The molecule has 4 heteroatoms. The van der Waals surface area contributed by atoms with Crippen molar-refractivity contribution >= 4 is 0 Å². The Labute approximate surface area is 146 Å². The van der Waals surface area contributed by atoms with Gasteiger partial charge in [-0.15, -0.1) is 0 Å². The van der Waals surface area contributed by atoms with E-state index >= 15 is 0 Å². The molecule has 0 saturated heterocycles. The Hall–Kier alpha value is -3.53. The molecule has 0 aliphatic carbocycles. The van der Waals surface area contributed by atoms with Crippen LogP contribution in [0, 0.1) is 0 Å². The van der Waals surface area contributed by atoms with Gasteiger partial charge >= 0.3 is 0 Å². The molecule has 0 aliphatic heterocycles. The number of para-hydroxylation sites is 1. The molecule has 0 saturated carbocycles. The Bertz CT molecular complexity index is 860. The lowest BCUT2D eigenvalue weighted by atomic mass is 10.1. The van der Waals surface area contributed by atoms with E-state index in [0.717, 1.165) is 0 Å². The lowest BCUT2D eigenvalue weighted by Gasteiger charge is -2.00. The van der Waals surface area contributed by atoms with E-state index in [1.165, 1.54) is 23.8 Å². The summed E-state index contributed by atoms with van der Waals surface area (Å²) in [5.41, 5.74) is 3.17. The summed E-state index contributed by atoms with van der Waals surface area (Å²) in [5.74, 6) is 0.654. The molecular weight excluding hydrogens is 310 g/mol.